The molecule has 0 bridgehead atoms. The number of ether oxygens (including phenoxy) is 3. The number of halogens is 1. The van der Waals surface area contributed by atoms with E-state index in [1.165, 1.54) is 6.92 Å². The Kier molecular flexibility index (Phi) is 9.01. The molecule has 150 valence electrons. The largest absolute Gasteiger partial charge is 0.488 e. The Hall–Kier alpha value is -2.34. The number of allylic oxidation sites excluding steroid dienone is 1. The molecule has 5 nitrogen and oxygen atoms in total. The predicted octanol–water partition coefficient (Wildman–Crippen LogP) is 3.83. The number of carbonyl (C=O) groups is 1. The molecule has 0 aliphatic carbocycles. The SMILES string of the molecule is CC(=O)C(=Cc1ccccc1)Oc1ccccc1OCCN1CCOCC1.Cl. The lowest BCUT2D eigenvalue weighted by Crippen LogP contribution is -2.38. The molecule has 0 radical (unpaired) electrons. The first-order valence-electron chi connectivity index (χ1n) is 9.20. The summed E-state index contributed by atoms with van der Waals surface area (Å²) in [6.45, 7) is 6.27. The topological polar surface area (TPSA) is 48.0 Å². The first-order chi connectivity index (χ1) is 13.2. The number of hydrogen-bond donors (Lipinski definition) is 0. The normalized spacial score (nSPS) is 14.8. The molecule has 0 amide bonds. The number of hydrogen-bond acceptors (Lipinski definition) is 5. The molecule has 0 atom stereocenters. The van der Waals surface area contributed by atoms with Gasteiger partial charge in [0.1, 0.15) is 6.61 Å². The second kappa shape index (κ2) is 11.5. The molecule has 0 aromatic heterocycles. The van der Waals surface area contributed by atoms with Crippen LogP contribution >= 0.6 is 12.4 Å². The maximum Gasteiger partial charge on any atom is 0.194 e. The lowest BCUT2D eigenvalue weighted by atomic mass is 10.2. The van der Waals surface area contributed by atoms with Crippen molar-refractivity contribution in [3.8, 4) is 11.5 Å². The zero-order valence-electron chi connectivity index (χ0n) is 16.0. The summed E-state index contributed by atoms with van der Waals surface area (Å²) in [5.74, 6) is 1.32. The summed E-state index contributed by atoms with van der Waals surface area (Å²) in [7, 11) is 0. The Bertz CT molecular complexity index is 773. The summed E-state index contributed by atoms with van der Waals surface area (Å²) < 4.78 is 17.2. The van der Waals surface area contributed by atoms with E-state index < -0.39 is 0 Å². The van der Waals surface area contributed by atoms with Gasteiger partial charge in [-0.1, -0.05) is 42.5 Å². The average Bonchev–Trinajstić information content (AvgIpc) is 2.70. The van der Waals surface area contributed by atoms with Gasteiger partial charge in [-0.25, -0.2) is 0 Å². The minimum atomic E-state index is -0.137. The highest BCUT2D eigenvalue weighted by Crippen LogP contribution is 2.29. The van der Waals surface area contributed by atoms with Gasteiger partial charge in [0.25, 0.3) is 0 Å². The number of ketones is 1. The van der Waals surface area contributed by atoms with Gasteiger partial charge in [0.2, 0.25) is 0 Å². The van der Waals surface area contributed by atoms with Gasteiger partial charge in [-0.05, 0) is 23.8 Å². The van der Waals surface area contributed by atoms with Crippen LogP contribution in [0.15, 0.2) is 60.4 Å². The van der Waals surface area contributed by atoms with E-state index in [0.29, 0.717) is 18.1 Å². The van der Waals surface area contributed by atoms with E-state index in [-0.39, 0.29) is 23.9 Å². The lowest BCUT2D eigenvalue weighted by Gasteiger charge is -2.26. The number of rotatable bonds is 8. The first kappa shape index (κ1) is 22.0. The lowest BCUT2D eigenvalue weighted by molar-refractivity contribution is -0.115. The number of nitrogens with zero attached hydrogens (tertiary/aromatic N) is 1. The number of morpholine rings is 1. The number of benzene rings is 2. The van der Waals surface area contributed by atoms with Crippen LogP contribution in [0, 0.1) is 0 Å². The zero-order valence-corrected chi connectivity index (χ0v) is 16.8. The van der Waals surface area contributed by atoms with Crippen molar-refractivity contribution in [2.45, 2.75) is 6.92 Å². The smallest absolute Gasteiger partial charge is 0.194 e. The van der Waals surface area contributed by atoms with Crippen molar-refractivity contribution in [3.63, 3.8) is 0 Å². The van der Waals surface area contributed by atoms with Crippen molar-refractivity contribution in [3.05, 3.63) is 65.9 Å². The Morgan fingerprint density at radius 2 is 1.68 bits per heavy atom. The Morgan fingerprint density at radius 3 is 2.36 bits per heavy atom. The van der Waals surface area contributed by atoms with Crippen LogP contribution in [-0.2, 0) is 9.53 Å². The maximum absolute atomic E-state index is 12.0. The molecule has 0 spiro atoms. The van der Waals surface area contributed by atoms with Gasteiger partial charge in [-0.3, -0.25) is 9.69 Å². The van der Waals surface area contributed by atoms with Crippen molar-refractivity contribution in [2.24, 2.45) is 0 Å². The molecule has 1 heterocycles. The van der Waals surface area contributed by atoms with Crippen molar-refractivity contribution < 1.29 is 19.0 Å². The van der Waals surface area contributed by atoms with Crippen molar-refractivity contribution in [2.75, 3.05) is 39.5 Å². The summed E-state index contributed by atoms with van der Waals surface area (Å²) >= 11 is 0. The molecule has 3 rings (SSSR count). The Morgan fingerprint density at radius 1 is 1.04 bits per heavy atom. The van der Waals surface area contributed by atoms with Gasteiger partial charge in [0, 0.05) is 26.6 Å². The summed E-state index contributed by atoms with van der Waals surface area (Å²) in [5.41, 5.74) is 0.911. The number of para-hydroxylation sites is 2. The minimum absolute atomic E-state index is 0. The quantitative estimate of drug-likeness (QED) is 0.495. The molecule has 0 unspecified atom stereocenters. The first-order valence-corrected chi connectivity index (χ1v) is 9.20. The van der Waals surface area contributed by atoms with Crippen molar-refractivity contribution in [1.29, 1.82) is 0 Å². The maximum atomic E-state index is 12.0. The third kappa shape index (κ3) is 6.68. The third-order valence-corrected chi connectivity index (χ3v) is 4.28. The Labute approximate surface area is 172 Å². The molecule has 1 aliphatic rings. The molecule has 6 heteroatoms. The van der Waals surface area contributed by atoms with Crippen molar-refractivity contribution >= 4 is 24.3 Å². The highest BCUT2D eigenvalue weighted by molar-refractivity contribution is 5.96. The highest BCUT2D eigenvalue weighted by Gasteiger charge is 2.13. The molecule has 1 aliphatic heterocycles. The van der Waals surface area contributed by atoms with E-state index in [1.807, 2.05) is 54.6 Å². The zero-order chi connectivity index (χ0) is 18.9. The van der Waals surface area contributed by atoms with Gasteiger partial charge in [0.15, 0.2) is 23.0 Å². The second-order valence-electron chi connectivity index (χ2n) is 6.33. The van der Waals surface area contributed by atoms with Crippen LogP contribution in [0.25, 0.3) is 6.08 Å². The van der Waals surface area contributed by atoms with E-state index >= 15 is 0 Å². The van der Waals surface area contributed by atoms with Crippen LogP contribution in [0.3, 0.4) is 0 Å². The van der Waals surface area contributed by atoms with E-state index in [9.17, 15) is 4.79 Å². The Balaban J connectivity index is 0.00000280. The number of Topliss-reactive ketones (excluding diaryl/α,β-unsaturated/α-hetero) is 1. The van der Waals surface area contributed by atoms with Crippen LogP contribution in [0.5, 0.6) is 11.5 Å². The average molecular weight is 404 g/mol. The molecule has 1 fully saturated rings. The molecule has 28 heavy (non-hydrogen) atoms. The highest BCUT2D eigenvalue weighted by atomic mass is 35.5. The van der Waals surface area contributed by atoms with E-state index in [4.69, 9.17) is 14.2 Å². The van der Waals surface area contributed by atoms with Gasteiger partial charge >= 0.3 is 0 Å². The molecule has 2 aromatic carbocycles. The van der Waals surface area contributed by atoms with Crippen LogP contribution < -0.4 is 9.47 Å². The summed E-state index contributed by atoms with van der Waals surface area (Å²) in [6.07, 6.45) is 1.74. The molecule has 0 saturated carbocycles. The fraction of sp³-hybridized carbons (Fsp3) is 0.318. The van der Waals surface area contributed by atoms with Crippen LogP contribution in [0.1, 0.15) is 12.5 Å². The minimum Gasteiger partial charge on any atom is -0.488 e. The summed E-state index contributed by atoms with van der Waals surface area (Å²) in [4.78, 5) is 14.3. The summed E-state index contributed by atoms with van der Waals surface area (Å²) in [5, 5.41) is 0. The van der Waals surface area contributed by atoms with Crippen LogP contribution in [-0.4, -0.2) is 50.1 Å². The van der Waals surface area contributed by atoms with Crippen LogP contribution in [0.2, 0.25) is 0 Å². The van der Waals surface area contributed by atoms with Gasteiger partial charge in [-0.15, -0.1) is 12.4 Å². The van der Waals surface area contributed by atoms with E-state index in [2.05, 4.69) is 4.90 Å². The fourth-order valence-corrected chi connectivity index (χ4v) is 2.79. The van der Waals surface area contributed by atoms with E-state index in [1.54, 1.807) is 6.08 Å². The van der Waals surface area contributed by atoms with E-state index in [0.717, 1.165) is 38.4 Å². The third-order valence-electron chi connectivity index (χ3n) is 4.28. The van der Waals surface area contributed by atoms with Gasteiger partial charge in [0.05, 0.1) is 13.2 Å². The molecule has 2 aromatic rings. The number of carbonyl (C=O) groups excluding carboxylic acids is 1. The standard InChI is InChI=1S/C22H25NO4.ClH/c1-18(24)22(17-19-7-3-2-4-8-19)27-21-10-6-5-9-20(21)26-16-13-23-11-14-25-15-12-23;/h2-10,17H,11-16H2,1H3;1H. The summed E-state index contributed by atoms with van der Waals surface area (Å²) in [6, 6.07) is 17.1. The second-order valence-corrected chi connectivity index (χ2v) is 6.33. The van der Waals surface area contributed by atoms with Crippen molar-refractivity contribution in [1.82, 2.24) is 4.90 Å². The monoisotopic (exact) mass is 403 g/mol. The molecule has 1 saturated heterocycles. The fourth-order valence-electron chi connectivity index (χ4n) is 2.79. The molecular formula is C22H26ClNO4. The van der Waals surface area contributed by atoms with Gasteiger partial charge in [-0.2, -0.15) is 0 Å². The molecular weight excluding hydrogens is 378 g/mol. The molecule has 0 N–H and O–H groups in total. The van der Waals surface area contributed by atoms with Gasteiger partial charge < -0.3 is 14.2 Å². The predicted molar refractivity (Wildman–Crippen MR) is 112 cm³/mol. The van der Waals surface area contributed by atoms with Crippen LogP contribution in [0.4, 0.5) is 0 Å².